The molecule has 74 valence electrons. The lowest BCUT2D eigenvalue weighted by Crippen LogP contribution is -2.39. The molecule has 0 saturated heterocycles. The van der Waals surface area contributed by atoms with E-state index >= 15 is 0 Å². The van der Waals surface area contributed by atoms with Crippen LogP contribution in [0.4, 0.5) is 0 Å². The van der Waals surface area contributed by atoms with Crippen LogP contribution in [-0.2, 0) is 6.42 Å². The Morgan fingerprint density at radius 2 is 1.92 bits per heavy atom. The molecule has 0 radical (unpaired) electrons. The zero-order valence-corrected chi connectivity index (χ0v) is 9.41. The molecular weight excluding hydrogens is 160 g/mol. The highest BCUT2D eigenvalue weighted by molar-refractivity contribution is 4.85. The van der Waals surface area contributed by atoms with Crippen LogP contribution in [0.25, 0.3) is 0 Å². The molecule has 0 saturated carbocycles. The Morgan fingerprint density at radius 3 is 2.31 bits per heavy atom. The molecule has 0 spiro atoms. The smallest absolute Gasteiger partial charge is 0.232 e. The zero-order valence-electron chi connectivity index (χ0n) is 9.41. The van der Waals surface area contributed by atoms with E-state index in [1.807, 2.05) is 0 Å². The van der Waals surface area contributed by atoms with Gasteiger partial charge in [0.2, 0.25) is 0 Å². The van der Waals surface area contributed by atoms with Gasteiger partial charge in [0.15, 0.2) is 0 Å². The second-order valence-corrected chi connectivity index (χ2v) is 4.07. The van der Waals surface area contributed by atoms with Crippen molar-refractivity contribution in [3.8, 4) is 0 Å². The predicted molar refractivity (Wildman–Crippen MR) is 54.8 cm³/mol. The molecule has 0 unspecified atom stereocenters. The minimum atomic E-state index is 0.565. The van der Waals surface area contributed by atoms with Crippen LogP contribution in [0.2, 0.25) is 0 Å². The van der Waals surface area contributed by atoms with Gasteiger partial charge in [0, 0.05) is 6.42 Å². The molecule has 1 rings (SSSR count). The highest BCUT2D eigenvalue weighted by atomic mass is 15.2. The summed E-state index contributed by atoms with van der Waals surface area (Å²) in [7, 11) is 0. The van der Waals surface area contributed by atoms with E-state index < -0.39 is 0 Å². The first-order valence-electron chi connectivity index (χ1n) is 5.18. The van der Waals surface area contributed by atoms with Gasteiger partial charge in [-0.15, -0.1) is 0 Å². The molecule has 1 aromatic heterocycles. The van der Waals surface area contributed by atoms with Crippen molar-refractivity contribution in [2.24, 2.45) is 0 Å². The second kappa shape index (κ2) is 3.95. The van der Waals surface area contributed by atoms with Crippen molar-refractivity contribution in [3.05, 3.63) is 18.2 Å². The van der Waals surface area contributed by atoms with E-state index in [1.54, 1.807) is 0 Å². The summed E-state index contributed by atoms with van der Waals surface area (Å²) in [6, 6.07) is 1.13. The van der Waals surface area contributed by atoms with Gasteiger partial charge < -0.3 is 0 Å². The van der Waals surface area contributed by atoms with Crippen LogP contribution < -0.4 is 4.57 Å². The van der Waals surface area contributed by atoms with Crippen molar-refractivity contribution >= 4 is 0 Å². The molecule has 0 aromatic carbocycles. The molecule has 13 heavy (non-hydrogen) atoms. The number of rotatable bonds is 3. The third-order valence-electron chi connectivity index (χ3n) is 2.41. The zero-order chi connectivity index (χ0) is 10.0. The van der Waals surface area contributed by atoms with E-state index in [-0.39, 0.29) is 0 Å². The number of aromatic nitrogens is 2. The maximum atomic E-state index is 2.35. The number of nitrogens with zero attached hydrogens (tertiary/aromatic N) is 2. The van der Waals surface area contributed by atoms with E-state index in [1.165, 1.54) is 5.82 Å². The van der Waals surface area contributed by atoms with Gasteiger partial charge in [-0.2, -0.15) is 0 Å². The van der Waals surface area contributed by atoms with Crippen LogP contribution in [0.5, 0.6) is 0 Å². The average Bonchev–Trinajstić information content (AvgIpc) is 2.46. The van der Waals surface area contributed by atoms with E-state index in [0.717, 1.165) is 6.42 Å². The Labute approximate surface area is 81.2 Å². The van der Waals surface area contributed by atoms with Crippen molar-refractivity contribution in [2.45, 2.75) is 53.1 Å². The molecule has 1 heterocycles. The molecular formula is C11H21N2+. The fourth-order valence-corrected chi connectivity index (χ4v) is 1.75. The van der Waals surface area contributed by atoms with E-state index in [9.17, 15) is 0 Å². The van der Waals surface area contributed by atoms with Gasteiger partial charge >= 0.3 is 0 Å². The summed E-state index contributed by atoms with van der Waals surface area (Å²) < 4.78 is 4.69. The lowest BCUT2D eigenvalue weighted by atomic mass is 10.3. The van der Waals surface area contributed by atoms with Crippen molar-refractivity contribution < 1.29 is 4.57 Å². The first-order valence-corrected chi connectivity index (χ1v) is 5.18. The molecule has 0 aliphatic heterocycles. The van der Waals surface area contributed by atoms with Crippen molar-refractivity contribution in [1.29, 1.82) is 0 Å². The summed E-state index contributed by atoms with van der Waals surface area (Å²) in [4.78, 5) is 0. The van der Waals surface area contributed by atoms with Crippen molar-refractivity contribution in [2.75, 3.05) is 0 Å². The predicted octanol–water partition coefficient (Wildman–Crippen LogP) is 2.50. The molecule has 0 bridgehead atoms. The fraction of sp³-hybridized carbons (Fsp3) is 0.727. The summed E-state index contributed by atoms with van der Waals surface area (Å²) in [5, 5.41) is 0. The summed E-state index contributed by atoms with van der Waals surface area (Å²) >= 11 is 0. The molecule has 0 amide bonds. The Bertz CT molecular complexity index is 246. The lowest BCUT2D eigenvalue weighted by Gasteiger charge is -2.07. The monoisotopic (exact) mass is 181 g/mol. The molecule has 2 heteroatoms. The van der Waals surface area contributed by atoms with Crippen molar-refractivity contribution in [3.63, 3.8) is 0 Å². The third kappa shape index (κ3) is 1.93. The van der Waals surface area contributed by atoms with Crippen LogP contribution in [0.3, 0.4) is 0 Å². The number of hydrogen-bond donors (Lipinski definition) is 0. The molecule has 1 aromatic rings. The fourth-order valence-electron chi connectivity index (χ4n) is 1.75. The minimum absolute atomic E-state index is 0.565. The molecule has 0 aliphatic rings. The quantitative estimate of drug-likeness (QED) is 0.634. The third-order valence-corrected chi connectivity index (χ3v) is 2.41. The summed E-state index contributed by atoms with van der Waals surface area (Å²) in [5.41, 5.74) is 0. The maximum absolute atomic E-state index is 2.35. The van der Waals surface area contributed by atoms with Gasteiger partial charge in [-0.25, -0.2) is 9.13 Å². The topological polar surface area (TPSA) is 8.81 Å². The Morgan fingerprint density at radius 1 is 1.31 bits per heavy atom. The van der Waals surface area contributed by atoms with Crippen LogP contribution in [0.15, 0.2) is 12.4 Å². The van der Waals surface area contributed by atoms with Gasteiger partial charge in [-0.1, -0.05) is 6.92 Å². The van der Waals surface area contributed by atoms with E-state index in [2.05, 4.69) is 56.1 Å². The molecule has 2 nitrogen and oxygen atoms in total. The van der Waals surface area contributed by atoms with Gasteiger partial charge in [-0.05, 0) is 27.7 Å². The minimum Gasteiger partial charge on any atom is -0.232 e. The first-order chi connectivity index (χ1) is 6.07. The lowest BCUT2D eigenvalue weighted by molar-refractivity contribution is -0.722. The Balaban J connectivity index is 3.10. The largest absolute Gasteiger partial charge is 0.256 e. The van der Waals surface area contributed by atoms with Gasteiger partial charge in [-0.3, -0.25) is 0 Å². The van der Waals surface area contributed by atoms with Gasteiger partial charge in [0.1, 0.15) is 12.4 Å². The molecule has 0 fully saturated rings. The van der Waals surface area contributed by atoms with E-state index in [0.29, 0.717) is 12.1 Å². The highest BCUT2D eigenvalue weighted by Crippen LogP contribution is 2.09. The number of hydrogen-bond acceptors (Lipinski definition) is 0. The molecule has 0 N–H and O–H groups in total. The van der Waals surface area contributed by atoms with Gasteiger partial charge in [0.25, 0.3) is 5.82 Å². The summed E-state index contributed by atoms with van der Waals surface area (Å²) in [6.07, 6.45) is 5.47. The van der Waals surface area contributed by atoms with Gasteiger partial charge in [0.05, 0.1) is 12.1 Å². The average molecular weight is 181 g/mol. The Kier molecular flexibility index (Phi) is 3.12. The second-order valence-electron chi connectivity index (χ2n) is 4.07. The van der Waals surface area contributed by atoms with Crippen LogP contribution in [-0.4, -0.2) is 4.57 Å². The van der Waals surface area contributed by atoms with Crippen LogP contribution in [0, 0.1) is 0 Å². The highest BCUT2D eigenvalue weighted by Gasteiger charge is 2.18. The normalized spacial score (nSPS) is 11.6. The van der Waals surface area contributed by atoms with Crippen molar-refractivity contribution in [1.82, 2.24) is 4.57 Å². The summed E-state index contributed by atoms with van der Waals surface area (Å²) in [5.74, 6) is 1.42. The SMILES string of the molecule is CCc1n(C(C)C)cc[n+]1C(C)C. The molecule has 0 atom stereocenters. The maximum Gasteiger partial charge on any atom is 0.256 e. The Hall–Kier alpha value is -0.790. The summed E-state index contributed by atoms with van der Waals surface area (Å²) in [6.45, 7) is 11.1. The standard InChI is InChI=1S/C11H21N2/c1-6-11-12(9(2)3)7-8-13(11)10(4)5/h7-10H,6H2,1-5H3/q+1. The first kappa shape index (κ1) is 10.3. The van der Waals surface area contributed by atoms with Crippen LogP contribution >= 0.6 is 0 Å². The van der Waals surface area contributed by atoms with E-state index in [4.69, 9.17) is 0 Å². The number of imidazole rings is 1. The molecule has 0 aliphatic carbocycles. The van der Waals surface area contributed by atoms with Crippen LogP contribution in [0.1, 0.15) is 52.5 Å².